The number of halogens is 1. The van der Waals surface area contributed by atoms with E-state index in [1.165, 1.54) is 0 Å². The first-order chi connectivity index (χ1) is 10.3. The SMILES string of the molecule is O=C1c2ccccc2N[C@@H](c2ccccc2Cl)N1C1CC1. The fourth-order valence-corrected chi connectivity index (χ4v) is 3.16. The lowest BCUT2D eigenvalue weighted by atomic mass is 10.0. The Labute approximate surface area is 128 Å². The molecule has 1 aliphatic heterocycles. The molecule has 3 nitrogen and oxygen atoms in total. The summed E-state index contributed by atoms with van der Waals surface area (Å²) in [6, 6.07) is 15.7. The minimum Gasteiger partial charge on any atom is -0.361 e. The second kappa shape index (κ2) is 4.78. The van der Waals surface area contributed by atoms with Gasteiger partial charge in [-0.3, -0.25) is 4.79 Å². The molecule has 21 heavy (non-hydrogen) atoms. The minimum absolute atomic E-state index is 0.0942. The van der Waals surface area contributed by atoms with Gasteiger partial charge in [0, 0.05) is 22.3 Å². The van der Waals surface area contributed by atoms with Crippen LogP contribution in [0, 0.1) is 0 Å². The third-order valence-electron chi connectivity index (χ3n) is 4.10. The summed E-state index contributed by atoms with van der Waals surface area (Å²) in [4.78, 5) is 14.8. The third-order valence-corrected chi connectivity index (χ3v) is 4.45. The lowest BCUT2D eigenvalue weighted by Gasteiger charge is -2.38. The predicted molar refractivity (Wildman–Crippen MR) is 83.4 cm³/mol. The Balaban J connectivity index is 1.83. The molecule has 0 unspecified atom stereocenters. The average molecular weight is 299 g/mol. The zero-order valence-corrected chi connectivity index (χ0v) is 12.2. The molecule has 1 saturated carbocycles. The van der Waals surface area contributed by atoms with Crippen LogP contribution in [0.4, 0.5) is 5.69 Å². The number of benzene rings is 2. The molecule has 106 valence electrons. The summed E-state index contributed by atoms with van der Waals surface area (Å²) < 4.78 is 0. The fraction of sp³-hybridized carbons (Fsp3) is 0.235. The van der Waals surface area contributed by atoms with E-state index >= 15 is 0 Å². The molecule has 1 amide bonds. The van der Waals surface area contributed by atoms with Crippen LogP contribution in [-0.2, 0) is 0 Å². The Morgan fingerprint density at radius 1 is 1.05 bits per heavy atom. The van der Waals surface area contributed by atoms with Gasteiger partial charge in [0.2, 0.25) is 0 Å². The molecular formula is C17H15ClN2O. The van der Waals surface area contributed by atoms with E-state index in [9.17, 15) is 4.79 Å². The molecule has 1 N–H and O–H groups in total. The Hall–Kier alpha value is -2.00. The number of para-hydroxylation sites is 1. The molecule has 0 radical (unpaired) electrons. The van der Waals surface area contributed by atoms with Crippen molar-refractivity contribution in [3.05, 3.63) is 64.7 Å². The standard InChI is InChI=1S/C17H15ClN2O/c18-14-7-3-1-5-12(14)16-19-15-8-4-2-6-13(15)17(21)20(16)11-9-10-11/h1-8,11,16,19H,9-10H2/t16-/m1/s1. The first-order valence-corrected chi connectivity index (χ1v) is 7.56. The summed E-state index contributed by atoms with van der Waals surface area (Å²) >= 11 is 6.34. The van der Waals surface area contributed by atoms with Crippen molar-refractivity contribution in [1.82, 2.24) is 4.90 Å². The lowest BCUT2D eigenvalue weighted by Crippen LogP contribution is -2.44. The number of anilines is 1. The number of fused-ring (bicyclic) bond motifs is 1. The molecule has 1 fully saturated rings. The van der Waals surface area contributed by atoms with Crippen molar-refractivity contribution in [3.8, 4) is 0 Å². The molecule has 1 atom stereocenters. The van der Waals surface area contributed by atoms with Crippen molar-refractivity contribution >= 4 is 23.2 Å². The quantitative estimate of drug-likeness (QED) is 0.906. The van der Waals surface area contributed by atoms with E-state index in [4.69, 9.17) is 11.6 Å². The Bertz CT molecular complexity index is 711. The molecule has 2 aromatic rings. The van der Waals surface area contributed by atoms with Gasteiger partial charge in [0.15, 0.2) is 0 Å². The highest BCUT2D eigenvalue weighted by Crippen LogP contribution is 2.42. The minimum atomic E-state index is -0.186. The van der Waals surface area contributed by atoms with E-state index in [0.29, 0.717) is 11.1 Å². The van der Waals surface area contributed by atoms with Crippen molar-refractivity contribution in [2.24, 2.45) is 0 Å². The maximum atomic E-state index is 12.8. The Kier molecular flexibility index (Phi) is 2.89. The van der Waals surface area contributed by atoms with Crippen molar-refractivity contribution in [3.63, 3.8) is 0 Å². The molecule has 1 heterocycles. The molecule has 0 spiro atoms. The van der Waals surface area contributed by atoms with Crippen molar-refractivity contribution < 1.29 is 4.79 Å². The van der Waals surface area contributed by atoms with Crippen LogP contribution in [0.1, 0.15) is 34.9 Å². The first-order valence-electron chi connectivity index (χ1n) is 7.18. The lowest BCUT2D eigenvalue weighted by molar-refractivity contribution is 0.0666. The monoisotopic (exact) mass is 298 g/mol. The van der Waals surface area contributed by atoms with Crippen LogP contribution < -0.4 is 5.32 Å². The van der Waals surface area contributed by atoms with Gasteiger partial charge in [-0.05, 0) is 31.0 Å². The van der Waals surface area contributed by atoms with Gasteiger partial charge in [0.25, 0.3) is 5.91 Å². The van der Waals surface area contributed by atoms with E-state index in [0.717, 1.165) is 29.7 Å². The van der Waals surface area contributed by atoms with E-state index in [-0.39, 0.29) is 12.1 Å². The van der Waals surface area contributed by atoms with Crippen LogP contribution in [0.2, 0.25) is 5.02 Å². The second-order valence-electron chi connectivity index (χ2n) is 5.56. The molecule has 2 aromatic carbocycles. The Morgan fingerprint density at radius 2 is 1.76 bits per heavy atom. The number of nitrogens with zero attached hydrogens (tertiary/aromatic N) is 1. The molecule has 0 bridgehead atoms. The first kappa shape index (κ1) is 12.7. The van der Waals surface area contributed by atoms with Gasteiger partial charge in [-0.25, -0.2) is 0 Å². The van der Waals surface area contributed by atoms with Crippen LogP contribution >= 0.6 is 11.6 Å². The number of carbonyl (C=O) groups is 1. The molecule has 4 heteroatoms. The fourth-order valence-electron chi connectivity index (χ4n) is 2.92. The second-order valence-corrected chi connectivity index (χ2v) is 5.96. The number of nitrogens with one attached hydrogen (secondary N) is 1. The summed E-state index contributed by atoms with van der Waals surface area (Å²) in [7, 11) is 0. The summed E-state index contributed by atoms with van der Waals surface area (Å²) in [5.41, 5.74) is 2.57. The van der Waals surface area contributed by atoms with Crippen molar-refractivity contribution in [2.45, 2.75) is 25.0 Å². The van der Waals surface area contributed by atoms with Crippen LogP contribution in [0.5, 0.6) is 0 Å². The van der Waals surface area contributed by atoms with E-state index < -0.39 is 0 Å². The summed E-state index contributed by atoms with van der Waals surface area (Å²) in [6.45, 7) is 0. The third kappa shape index (κ3) is 2.09. The van der Waals surface area contributed by atoms with Gasteiger partial charge >= 0.3 is 0 Å². The largest absolute Gasteiger partial charge is 0.361 e. The zero-order valence-electron chi connectivity index (χ0n) is 11.4. The van der Waals surface area contributed by atoms with Gasteiger partial charge in [0.05, 0.1) is 5.56 Å². The van der Waals surface area contributed by atoms with E-state index in [2.05, 4.69) is 5.32 Å². The van der Waals surface area contributed by atoms with Gasteiger partial charge in [-0.1, -0.05) is 41.9 Å². The smallest absolute Gasteiger partial charge is 0.258 e. The number of carbonyl (C=O) groups excluding carboxylic acids is 1. The average Bonchev–Trinajstić information content (AvgIpc) is 3.32. The maximum absolute atomic E-state index is 12.8. The number of hydrogen-bond donors (Lipinski definition) is 1. The highest BCUT2D eigenvalue weighted by molar-refractivity contribution is 6.31. The number of hydrogen-bond acceptors (Lipinski definition) is 2. The van der Waals surface area contributed by atoms with Gasteiger partial charge in [0.1, 0.15) is 6.17 Å². The van der Waals surface area contributed by atoms with Crippen LogP contribution in [0.3, 0.4) is 0 Å². The molecular weight excluding hydrogens is 284 g/mol. The van der Waals surface area contributed by atoms with E-state index in [1.807, 2.05) is 53.4 Å². The number of amides is 1. The Morgan fingerprint density at radius 3 is 2.52 bits per heavy atom. The maximum Gasteiger partial charge on any atom is 0.258 e. The molecule has 0 aromatic heterocycles. The predicted octanol–water partition coefficient (Wildman–Crippen LogP) is 4.07. The topological polar surface area (TPSA) is 32.3 Å². The van der Waals surface area contributed by atoms with Crippen LogP contribution in [0.15, 0.2) is 48.5 Å². The summed E-state index contributed by atoms with van der Waals surface area (Å²) in [5, 5.41) is 4.16. The van der Waals surface area contributed by atoms with Crippen molar-refractivity contribution in [1.29, 1.82) is 0 Å². The highest BCUT2D eigenvalue weighted by Gasteiger charge is 2.42. The zero-order chi connectivity index (χ0) is 14.4. The van der Waals surface area contributed by atoms with Crippen LogP contribution in [0.25, 0.3) is 0 Å². The van der Waals surface area contributed by atoms with Crippen molar-refractivity contribution in [2.75, 3.05) is 5.32 Å². The molecule has 1 aliphatic carbocycles. The molecule has 4 rings (SSSR count). The van der Waals surface area contributed by atoms with Crippen LogP contribution in [-0.4, -0.2) is 16.8 Å². The van der Waals surface area contributed by atoms with Gasteiger partial charge < -0.3 is 10.2 Å². The summed E-state index contributed by atoms with van der Waals surface area (Å²) in [5.74, 6) is 0.0942. The number of rotatable bonds is 2. The van der Waals surface area contributed by atoms with Gasteiger partial charge in [-0.2, -0.15) is 0 Å². The van der Waals surface area contributed by atoms with E-state index in [1.54, 1.807) is 0 Å². The normalized spacial score (nSPS) is 20.9. The highest BCUT2D eigenvalue weighted by atomic mass is 35.5. The van der Waals surface area contributed by atoms with Gasteiger partial charge in [-0.15, -0.1) is 0 Å². The molecule has 0 saturated heterocycles. The summed E-state index contributed by atoms with van der Waals surface area (Å²) in [6.07, 6.45) is 1.95. The molecule has 2 aliphatic rings.